The Kier molecular flexibility index (Phi) is 3.50. The Morgan fingerprint density at radius 3 is 1.33 bits per heavy atom. The minimum atomic E-state index is 0.979. The van der Waals surface area contributed by atoms with Crippen LogP contribution in [-0.2, 0) is 0 Å². The maximum Gasteiger partial charge on any atom is 0.0929 e. The molecular formula is C20H18N4. The summed E-state index contributed by atoms with van der Waals surface area (Å²) in [4.78, 5) is 0. The van der Waals surface area contributed by atoms with Crippen molar-refractivity contribution < 1.29 is 0 Å². The number of benzene rings is 2. The summed E-state index contributed by atoms with van der Waals surface area (Å²) in [6.45, 7) is 4.03. The molecule has 0 unspecified atom stereocenters. The van der Waals surface area contributed by atoms with E-state index in [0.29, 0.717) is 0 Å². The molecule has 0 aliphatic carbocycles. The fourth-order valence-electron chi connectivity index (χ4n) is 2.90. The molecule has 4 aromatic rings. The molecule has 0 aliphatic heterocycles. The highest BCUT2D eigenvalue weighted by Gasteiger charge is 2.16. The van der Waals surface area contributed by atoms with E-state index in [4.69, 9.17) is 0 Å². The third kappa shape index (κ3) is 2.52. The standard InChI is InChI=1S/C20H18N4/c1-15-13-19(23(21-15)17-9-5-3-6-10-17)20-14-16(2)22-24(20)18-11-7-4-8-12-18/h3-14H,1-2H3. The molecule has 4 rings (SSSR count). The van der Waals surface area contributed by atoms with Crippen molar-refractivity contribution >= 4 is 0 Å². The van der Waals surface area contributed by atoms with Crippen molar-refractivity contribution in [2.75, 3.05) is 0 Å². The molecule has 4 nitrogen and oxygen atoms in total. The Balaban J connectivity index is 1.93. The monoisotopic (exact) mass is 314 g/mol. The van der Waals surface area contributed by atoms with Crippen LogP contribution in [0.15, 0.2) is 72.8 Å². The first-order chi connectivity index (χ1) is 11.7. The zero-order valence-electron chi connectivity index (χ0n) is 13.7. The third-order valence-corrected chi connectivity index (χ3v) is 3.93. The third-order valence-electron chi connectivity index (χ3n) is 3.93. The molecule has 0 aliphatic rings. The number of hydrogen-bond acceptors (Lipinski definition) is 2. The van der Waals surface area contributed by atoms with Crippen molar-refractivity contribution in [3.05, 3.63) is 84.2 Å². The number of para-hydroxylation sites is 2. The van der Waals surface area contributed by atoms with E-state index >= 15 is 0 Å². The van der Waals surface area contributed by atoms with E-state index in [1.165, 1.54) is 0 Å². The van der Waals surface area contributed by atoms with E-state index in [1.54, 1.807) is 0 Å². The van der Waals surface area contributed by atoms with E-state index in [-0.39, 0.29) is 0 Å². The Hall–Kier alpha value is -3.14. The minimum absolute atomic E-state index is 0.979. The van der Waals surface area contributed by atoms with Gasteiger partial charge in [-0.2, -0.15) is 10.2 Å². The topological polar surface area (TPSA) is 35.6 Å². The summed E-state index contributed by atoms with van der Waals surface area (Å²) in [5.41, 5.74) is 6.10. The molecule has 0 atom stereocenters. The SMILES string of the molecule is Cc1cc(-c2cc(C)nn2-c2ccccc2)n(-c2ccccc2)n1. The molecule has 0 fully saturated rings. The zero-order chi connectivity index (χ0) is 16.5. The number of aryl methyl sites for hydroxylation is 2. The lowest BCUT2D eigenvalue weighted by atomic mass is 10.2. The Labute approximate surface area is 141 Å². The average Bonchev–Trinajstić information content (AvgIpc) is 3.19. The maximum atomic E-state index is 4.68. The lowest BCUT2D eigenvalue weighted by Gasteiger charge is -2.10. The minimum Gasteiger partial charge on any atom is -0.231 e. The normalized spacial score (nSPS) is 10.9. The van der Waals surface area contributed by atoms with Gasteiger partial charge >= 0.3 is 0 Å². The van der Waals surface area contributed by atoms with Crippen molar-refractivity contribution in [2.45, 2.75) is 13.8 Å². The number of hydrogen-bond donors (Lipinski definition) is 0. The van der Waals surface area contributed by atoms with Gasteiger partial charge in [-0.1, -0.05) is 36.4 Å². The Morgan fingerprint density at radius 1 is 0.583 bits per heavy atom. The summed E-state index contributed by atoms with van der Waals surface area (Å²) < 4.78 is 3.95. The van der Waals surface area contributed by atoms with Gasteiger partial charge in [-0.15, -0.1) is 0 Å². The van der Waals surface area contributed by atoms with Crippen LogP contribution in [-0.4, -0.2) is 19.6 Å². The molecule has 2 heterocycles. The molecule has 4 heteroatoms. The highest BCUT2D eigenvalue weighted by Crippen LogP contribution is 2.27. The summed E-state index contributed by atoms with van der Waals surface area (Å²) in [6, 6.07) is 24.6. The van der Waals surface area contributed by atoms with Crippen molar-refractivity contribution in [1.29, 1.82) is 0 Å². The van der Waals surface area contributed by atoms with Gasteiger partial charge < -0.3 is 0 Å². The highest BCUT2D eigenvalue weighted by atomic mass is 15.3. The van der Waals surface area contributed by atoms with Crippen LogP contribution in [0.5, 0.6) is 0 Å². The number of aromatic nitrogens is 4. The first kappa shape index (κ1) is 14.5. The average molecular weight is 314 g/mol. The lowest BCUT2D eigenvalue weighted by molar-refractivity contribution is 0.834. The van der Waals surface area contributed by atoms with Crippen LogP contribution in [0.25, 0.3) is 22.8 Å². The predicted molar refractivity (Wildman–Crippen MR) is 95.6 cm³/mol. The lowest BCUT2D eigenvalue weighted by Crippen LogP contribution is -2.04. The summed E-state index contributed by atoms with van der Waals surface area (Å²) in [6.07, 6.45) is 0. The van der Waals surface area contributed by atoms with E-state index < -0.39 is 0 Å². The molecular weight excluding hydrogens is 296 g/mol. The van der Waals surface area contributed by atoms with E-state index in [0.717, 1.165) is 34.2 Å². The predicted octanol–water partition coefficient (Wildman–Crippen LogP) is 4.34. The first-order valence-corrected chi connectivity index (χ1v) is 7.97. The fourth-order valence-corrected chi connectivity index (χ4v) is 2.90. The highest BCUT2D eigenvalue weighted by molar-refractivity contribution is 5.62. The van der Waals surface area contributed by atoms with Crippen LogP contribution in [0, 0.1) is 13.8 Å². The molecule has 2 aromatic heterocycles. The van der Waals surface area contributed by atoms with E-state index in [1.807, 2.05) is 59.6 Å². The molecule has 2 aromatic carbocycles. The summed E-state index contributed by atoms with van der Waals surface area (Å²) in [5.74, 6) is 0. The van der Waals surface area contributed by atoms with Gasteiger partial charge in [-0.3, -0.25) is 0 Å². The summed E-state index contributed by atoms with van der Waals surface area (Å²) in [5, 5.41) is 9.35. The summed E-state index contributed by atoms with van der Waals surface area (Å²) >= 11 is 0. The molecule has 0 amide bonds. The maximum absolute atomic E-state index is 4.68. The second kappa shape index (κ2) is 5.81. The number of rotatable bonds is 3. The molecule has 0 spiro atoms. The second-order valence-corrected chi connectivity index (χ2v) is 5.84. The Bertz CT molecular complexity index is 884. The van der Waals surface area contributed by atoms with Gasteiger partial charge in [0.25, 0.3) is 0 Å². The molecule has 118 valence electrons. The smallest absolute Gasteiger partial charge is 0.0929 e. The van der Waals surface area contributed by atoms with Crippen molar-refractivity contribution in [2.24, 2.45) is 0 Å². The van der Waals surface area contributed by atoms with Crippen LogP contribution >= 0.6 is 0 Å². The van der Waals surface area contributed by atoms with E-state index in [9.17, 15) is 0 Å². The number of nitrogens with zero attached hydrogens (tertiary/aromatic N) is 4. The molecule has 0 N–H and O–H groups in total. The van der Waals surface area contributed by atoms with Crippen LogP contribution in [0.2, 0.25) is 0 Å². The zero-order valence-corrected chi connectivity index (χ0v) is 13.7. The molecule has 0 radical (unpaired) electrons. The first-order valence-electron chi connectivity index (χ1n) is 7.97. The van der Waals surface area contributed by atoms with Gasteiger partial charge in [0, 0.05) is 0 Å². The Morgan fingerprint density at radius 2 is 0.958 bits per heavy atom. The van der Waals surface area contributed by atoms with Gasteiger partial charge in [0.05, 0.1) is 34.2 Å². The van der Waals surface area contributed by atoms with Gasteiger partial charge in [0.1, 0.15) is 0 Å². The largest absolute Gasteiger partial charge is 0.231 e. The van der Waals surface area contributed by atoms with Crippen LogP contribution in [0.1, 0.15) is 11.4 Å². The van der Waals surface area contributed by atoms with Gasteiger partial charge in [0.15, 0.2) is 0 Å². The molecule has 0 saturated heterocycles. The van der Waals surface area contributed by atoms with Crippen LogP contribution in [0.3, 0.4) is 0 Å². The van der Waals surface area contributed by atoms with Gasteiger partial charge in [-0.05, 0) is 50.2 Å². The van der Waals surface area contributed by atoms with Gasteiger partial charge in [0.2, 0.25) is 0 Å². The molecule has 24 heavy (non-hydrogen) atoms. The van der Waals surface area contributed by atoms with Crippen molar-refractivity contribution in [3.8, 4) is 22.8 Å². The molecule has 0 saturated carbocycles. The van der Waals surface area contributed by atoms with E-state index in [2.05, 4.69) is 46.6 Å². The second-order valence-electron chi connectivity index (χ2n) is 5.84. The van der Waals surface area contributed by atoms with Gasteiger partial charge in [-0.25, -0.2) is 9.36 Å². The van der Waals surface area contributed by atoms with Crippen molar-refractivity contribution in [3.63, 3.8) is 0 Å². The quantitative estimate of drug-likeness (QED) is 0.564. The van der Waals surface area contributed by atoms with Crippen molar-refractivity contribution in [1.82, 2.24) is 19.6 Å². The summed E-state index contributed by atoms with van der Waals surface area (Å²) in [7, 11) is 0. The van der Waals surface area contributed by atoms with Crippen LogP contribution < -0.4 is 0 Å². The molecule has 0 bridgehead atoms. The fraction of sp³-hybridized carbons (Fsp3) is 0.100. The van der Waals surface area contributed by atoms with Crippen LogP contribution in [0.4, 0.5) is 0 Å².